The highest BCUT2D eigenvalue weighted by atomic mass is 32.2. The second kappa shape index (κ2) is 7.80. The molecule has 2 aromatic carbocycles. The van der Waals surface area contributed by atoms with E-state index >= 15 is 0 Å². The molecule has 1 amide bonds. The lowest BCUT2D eigenvalue weighted by molar-refractivity contribution is -0.139. The molecule has 28 heavy (non-hydrogen) atoms. The zero-order valence-corrected chi connectivity index (χ0v) is 16.4. The Hall–Kier alpha value is -2.60. The van der Waals surface area contributed by atoms with Crippen molar-refractivity contribution in [3.05, 3.63) is 58.7 Å². The van der Waals surface area contributed by atoms with Gasteiger partial charge in [0.2, 0.25) is 5.91 Å². The van der Waals surface area contributed by atoms with Gasteiger partial charge < -0.3 is 10.1 Å². The highest BCUT2D eigenvalue weighted by Gasteiger charge is 2.27. The van der Waals surface area contributed by atoms with Crippen LogP contribution in [0.4, 0.5) is 5.69 Å². The summed E-state index contributed by atoms with van der Waals surface area (Å²) in [5.41, 5.74) is 4.75. The highest BCUT2D eigenvalue weighted by Crippen LogP contribution is 2.33. The number of fused-ring (bicyclic) bond motifs is 2. The summed E-state index contributed by atoms with van der Waals surface area (Å²) in [7, 11) is 0. The Kier molecular flexibility index (Phi) is 5.22. The van der Waals surface area contributed by atoms with Gasteiger partial charge in [-0.3, -0.25) is 14.4 Å². The number of Topliss-reactive ketones (excluding diaryl/α,β-unsaturated/α-hetero) is 1. The van der Waals surface area contributed by atoms with Crippen molar-refractivity contribution >= 4 is 35.1 Å². The second-order valence-electron chi connectivity index (χ2n) is 7.17. The van der Waals surface area contributed by atoms with Crippen LogP contribution < -0.4 is 5.32 Å². The third kappa shape index (κ3) is 3.83. The summed E-state index contributed by atoms with van der Waals surface area (Å²) in [6.07, 6.45) is 3.43. The molecule has 6 heteroatoms. The molecular formula is C22H21NO4S. The summed E-state index contributed by atoms with van der Waals surface area (Å²) in [4.78, 5) is 37.1. The number of hydrogen-bond acceptors (Lipinski definition) is 5. The first-order valence-electron chi connectivity index (χ1n) is 9.39. The minimum Gasteiger partial charge on any atom is -0.457 e. The van der Waals surface area contributed by atoms with Gasteiger partial charge in [0.25, 0.3) is 0 Å². The smallest absolute Gasteiger partial charge is 0.316 e. The first kappa shape index (κ1) is 18.7. The number of ether oxygens (including phenoxy) is 1. The number of hydrogen-bond donors (Lipinski definition) is 1. The second-order valence-corrected chi connectivity index (χ2v) is 8.22. The molecule has 0 bridgehead atoms. The van der Waals surface area contributed by atoms with E-state index in [1.54, 1.807) is 25.1 Å². The van der Waals surface area contributed by atoms with Gasteiger partial charge in [-0.25, -0.2) is 0 Å². The van der Waals surface area contributed by atoms with Crippen molar-refractivity contribution in [2.75, 3.05) is 17.7 Å². The van der Waals surface area contributed by atoms with E-state index in [2.05, 4.69) is 17.4 Å². The molecule has 144 valence electrons. The lowest BCUT2D eigenvalue weighted by Gasteiger charge is -2.07. The summed E-state index contributed by atoms with van der Waals surface area (Å²) in [5, 5.41) is 2.77. The molecule has 1 heterocycles. The molecule has 4 rings (SSSR count). The third-order valence-electron chi connectivity index (χ3n) is 5.28. The molecule has 0 radical (unpaired) electrons. The number of esters is 1. The Labute approximate surface area is 167 Å². The number of nitrogens with one attached hydrogen (secondary N) is 1. The molecule has 0 fully saturated rings. The van der Waals surface area contributed by atoms with Crippen LogP contribution in [0.25, 0.3) is 0 Å². The maximum atomic E-state index is 12.3. The van der Waals surface area contributed by atoms with Crippen molar-refractivity contribution in [2.45, 2.75) is 37.0 Å². The van der Waals surface area contributed by atoms with E-state index in [1.807, 2.05) is 6.07 Å². The standard InChI is InChI=1S/C22H21NO4S/c1-13-18-10-16(6-8-19(18)23-22(13)26)20(24)11-27-21(25)12-28-17-7-5-14-3-2-4-15(14)9-17/h5-10,13H,2-4,11-12H2,1H3,(H,23,26)/t13-/m0/s1. The van der Waals surface area contributed by atoms with E-state index in [9.17, 15) is 14.4 Å². The summed E-state index contributed by atoms with van der Waals surface area (Å²) >= 11 is 1.43. The van der Waals surface area contributed by atoms with Crippen LogP contribution in [0.5, 0.6) is 0 Å². The van der Waals surface area contributed by atoms with E-state index in [0.29, 0.717) is 5.56 Å². The predicted molar refractivity (Wildman–Crippen MR) is 108 cm³/mol. The average Bonchev–Trinajstić information content (AvgIpc) is 3.28. The van der Waals surface area contributed by atoms with E-state index in [0.717, 1.165) is 29.0 Å². The minimum absolute atomic E-state index is 0.0744. The number of benzene rings is 2. The summed E-state index contributed by atoms with van der Waals surface area (Å²) < 4.78 is 5.15. The number of carbonyl (C=O) groups excluding carboxylic acids is 3. The van der Waals surface area contributed by atoms with E-state index < -0.39 is 5.97 Å². The Morgan fingerprint density at radius 3 is 2.82 bits per heavy atom. The molecule has 0 saturated carbocycles. The number of thioether (sulfide) groups is 1. The Morgan fingerprint density at radius 1 is 1.14 bits per heavy atom. The van der Waals surface area contributed by atoms with E-state index in [1.165, 1.54) is 29.3 Å². The monoisotopic (exact) mass is 395 g/mol. The summed E-state index contributed by atoms with van der Waals surface area (Å²) in [6, 6.07) is 11.4. The quantitative estimate of drug-likeness (QED) is 0.458. The van der Waals surface area contributed by atoms with Gasteiger partial charge in [0.05, 0.1) is 11.7 Å². The van der Waals surface area contributed by atoms with Crippen LogP contribution in [0.15, 0.2) is 41.3 Å². The van der Waals surface area contributed by atoms with Crippen LogP contribution in [0.3, 0.4) is 0 Å². The SMILES string of the molecule is C[C@@H]1C(=O)Nc2ccc(C(=O)COC(=O)CSc3ccc4c(c3)CCC4)cc21. The predicted octanol–water partition coefficient (Wildman–Crippen LogP) is 3.75. The first-order valence-corrected chi connectivity index (χ1v) is 10.4. The fourth-order valence-electron chi connectivity index (χ4n) is 3.64. The fraction of sp³-hybridized carbons (Fsp3) is 0.318. The van der Waals surface area contributed by atoms with E-state index in [-0.39, 0.29) is 30.0 Å². The number of rotatable bonds is 6. The van der Waals surface area contributed by atoms with Crippen LogP contribution in [0.1, 0.15) is 46.3 Å². The molecule has 0 unspecified atom stereocenters. The maximum Gasteiger partial charge on any atom is 0.316 e. The molecule has 2 aromatic rings. The van der Waals surface area contributed by atoms with Crippen molar-refractivity contribution in [3.63, 3.8) is 0 Å². The largest absolute Gasteiger partial charge is 0.457 e. The van der Waals surface area contributed by atoms with Crippen LogP contribution in [-0.2, 0) is 27.2 Å². The lowest BCUT2D eigenvalue weighted by atomic mass is 9.99. The van der Waals surface area contributed by atoms with Gasteiger partial charge in [-0.05, 0) is 73.2 Å². The van der Waals surface area contributed by atoms with Crippen LogP contribution in [-0.4, -0.2) is 30.0 Å². The van der Waals surface area contributed by atoms with Gasteiger partial charge in [-0.15, -0.1) is 11.8 Å². The van der Waals surface area contributed by atoms with Crippen LogP contribution in [0, 0.1) is 0 Å². The Balaban J connectivity index is 1.29. The molecule has 1 N–H and O–H groups in total. The number of aryl methyl sites for hydroxylation is 2. The van der Waals surface area contributed by atoms with Crippen molar-refractivity contribution in [1.29, 1.82) is 0 Å². The number of amides is 1. The fourth-order valence-corrected chi connectivity index (χ4v) is 4.40. The van der Waals surface area contributed by atoms with Crippen molar-refractivity contribution in [1.82, 2.24) is 0 Å². The highest BCUT2D eigenvalue weighted by molar-refractivity contribution is 8.00. The lowest BCUT2D eigenvalue weighted by Crippen LogP contribution is -2.15. The first-order chi connectivity index (χ1) is 13.5. The van der Waals surface area contributed by atoms with Crippen molar-refractivity contribution < 1.29 is 19.1 Å². The van der Waals surface area contributed by atoms with Crippen molar-refractivity contribution in [2.24, 2.45) is 0 Å². The number of carbonyl (C=O) groups is 3. The molecule has 2 aliphatic rings. The molecular weight excluding hydrogens is 374 g/mol. The van der Waals surface area contributed by atoms with Gasteiger partial charge in [0, 0.05) is 16.1 Å². The molecule has 5 nitrogen and oxygen atoms in total. The zero-order valence-electron chi connectivity index (χ0n) is 15.6. The molecule has 0 saturated heterocycles. The summed E-state index contributed by atoms with van der Waals surface area (Å²) in [6.45, 7) is 1.50. The molecule has 0 spiro atoms. The maximum absolute atomic E-state index is 12.3. The van der Waals surface area contributed by atoms with Crippen molar-refractivity contribution in [3.8, 4) is 0 Å². The molecule has 1 aliphatic heterocycles. The average molecular weight is 395 g/mol. The zero-order chi connectivity index (χ0) is 19.7. The normalized spacial score (nSPS) is 17.0. The van der Waals surface area contributed by atoms with Gasteiger partial charge in [-0.1, -0.05) is 6.07 Å². The minimum atomic E-state index is -0.412. The van der Waals surface area contributed by atoms with Crippen LogP contribution >= 0.6 is 11.8 Å². The topological polar surface area (TPSA) is 72.5 Å². The number of anilines is 1. The Morgan fingerprint density at radius 2 is 1.96 bits per heavy atom. The van der Waals surface area contributed by atoms with Gasteiger partial charge in [-0.2, -0.15) is 0 Å². The van der Waals surface area contributed by atoms with Gasteiger partial charge >= 0.3 is 5.97 Å². The molecule has 1 atom stereocenters. The molecule has 1 aliphatic carbocycles. The Bertz CT molecular complexity index is 969. The third-order valence-corrected chi connectivity index (χ3v) is 6.25. The van der Waals surface area contributed by atoms with Gasteiger partial charge in [0.15, 0.2) is 12.4 Å². The summed E-state index contributed by atoms with van der Waals surface area (Å²) in [5.74, 6) is -0.870. The van der Waals surface area contributed by atoms with Gasteiger partial charge in [0.1, 0.15) is 0 Å². The number of ketones is 1. The van der Waals surface area contributed by atoms with Crippen LogP contribution in [0.2, 0.25) is 0 Å². The van der Waals surface area contributed by atoms with E-state index in [4.69, 9.17) is 4.74 Å². The molecule has 0 aromatic heterocycles.